The summed E-state index contributed by atoms with van der Waals surface area (Å²) in [6.07, 6.45) is 0. The van der Waals surface area contributed by atoms with Crippen LogP contribution >= 0.6 is 0 Å². The first kappa shape index (κ1) is 7.71. The van der Waals surface area contributed by atoms with Gasteiger partial charge in [-0.3, -0.25) is 0 Å². The highest BCUT2D eigenvalue weighted by Crippen LogP contribution is 2.12. The van der Waals surface area contributed by atoms with E-state index >= 15 is 0 Å². The second-order valence-corrected chi connectivity index (χ2v) is 2.43. The van der Waals surface area contributed by atoms with Gasteiger partial charge < -0.3 is 20.1 Å². The van der Waals surface area contributed by atoms with Crippen LogP contribution in [0.3, 0.4) is 0 Å². The highest BCUT2D eigenvalue weighted by molar-refractivity contribution is 5.96. The molecule has 0 aliphatic carbocycles. The predicted octanol–water partition coefficient (Wildman–Crippen LogP) is -0.962. The fourth-order valence-electron chi connectivity index (χ4n) is 1.06. The Hall–Kier alpha value is -1.92. The van der Waals surface area contributed by atoms with Crippen molar-refractivity contribution in [3.05, 3.63) is 16.2 Å². The Morgan fingerprint density at radius 2 is 2.38 bits per heavy atom. The van der Waals surface area contributed by atoms with Crippen LogP contribution in [-0.4, -0.2) is 29.0 Å². The highest BCUT2D eigenvalue weighted by atomic mass is 16.5. The molecule has 0 fully saturated rings. The summed E-state index contributed by atoms with van der Waals surface area (Å²) < 4.78 is 9.71. The van der Waals surface area contributed by atoms with E-state index in [0.29, 0.717) is 13.2 Å². The number of aromatic nitrogens is 1. The molecule has 1 aromatic heterocycles. The number of nitrogen functional groups attached to an aromatic ring is 1. The summed E-state index contributed by atoms with van der Waals surface area (Å²) >= 11 is 0. The van der Waals surface area contributed by atoms with Crippen molar-refractivity contribution in [2.24, 2.45) is 4.99 Å². The van der Waals surface area contributed by atoms with E-state index < -0.39 is 5.76 Å². The minimum absolute atomic E-state index is 0.0255. The van der Waals surface area contributed by atoms with E-state index in [2.05, 4.69) is 9.41 Å². The molecule has 0 radical (unpaired) electrons. The summed E-state index contributed by atoms with van der Waals surface area (Å²) in [4.78, 5) is 14.6. The minimum atomic E-state index is -0.953. The normalized spacial score (nSPS) is 15.5. The van der Waals surface area contributed by atoms with Crippen molar-refractivity contribution in [1.82, 2.24) is 4.73 Å². The predicted molar refractivity (Wildman–Crippen MR) is 41.9 cm³/mol. The summed E-state index contributed by atoms with van der Waals surface area (Å²) in [5.74, 6) is -1.02. The first-order valence-corrected chi connectivity index (χ1v) is 3.58. The van der Waals surface area contributed by atoms with E-state index in [9.17, 15) is 4.79 Å². The van der Waals surface area contributed by atoms with Gasteiger partial charge in [-0.25, -0.2) is 9.79 Å². The maximum Gasteiger partial charge on any atom is 0.454 e. The molecule has 1 aromatic rings. The molecule has 13 heavy (non-hydrogen) atoms. The Balaban J connectivity index is 2.56. The van der Waals surface area contributed by atoms with Crippen molar-refractivity contribution in [2.45, 2.75) is 0 Å². The monoisotopic (exact) mass is 185 g/mol. The SMILES string of the molecule is Nc1oc(=O)n(O)c1C1=NCCO1. The Morgan fingerprint density at radius 1 is 1.62 bits per heavy atom. The Bertz CT molecular complexity index is 416. The fourth-order valence-corrected chi connectivity index (χ4v) is 1.06. The molecule has 0 saturated heterocycles. The standard InChI is InChI=1S/C6H7N3O4/c7-4-3(5-8-1-2-12-5)9(11)6(10)13-4/h11H,1-2,7H2. The molecule has 7 nitrogen and oxygen atoms in total. The lowest BCUT2D eigenvalue weighted by molar-refractivity contribution is 0.158. The van der Waals surface area contributed by atoms with E-state index in [1.807, 2.05) is 0 Å². The van der Waals surface area contributed by atoms with E-state index in [1.165, 1.54) is 0 Å². The van der Waals surface area contributed by atoms with Crippen molar-refractivity contribution < 1.29 is 14.4 Å². The van der Waals surface area contributed by atoms with Crippen LogP contribution in [0.15, 0.2) is 14.2 Å². The lowest BCUT2D eigenvalue weighted by Gasteiger charge is -1.98. The van der Waals surface area contributed by atoms with Gasteiger partial charge in [0.15, 0.2) is 0 Å². The Kier molecular flexibility index (Phi) is 1.51. The zero-order valence-corrected chi connectivity index (χ0v) is 6.56. The summed E-state index contributed by atoms with van der Waals surface area (Å²) in [7, 11) is 0. The third-order valence-corrected chi connectivity index (χ3v) is 1.60. The smallest absolute Gasteiger partial charge is 0.454 e. The lowest BCUT2D eigenvalue weighted by atomic mass is 10.4. The second-order valence-electron chi connectivity index (χ2n) is 2.43. The van der Waals surface area contributed by atoms with Crippen LogP contribution in [-0.2, 0) is 4.74 Å². The van der Waals surface area contributed by atoms with Gasteiger partial charge in [-0.05, 0) is 0 Å². The number of oxazole rings is 1. The quantitative estimate of drug-likeness (QED) is 0.548. The largest absolute Gasteiger partial charge is 0.474 e. The van der Waals surface area contributed by atoms with Crippen molar-refractivity contribution in [1.29, 1.82) is 0 Å². The molecular weight excluding hydrogens is 178 g/mol. The van der Waals surface area contributed by atoms with Crippen molar-refractivity contribution in [2.75, 3.05) is 18.9 Å². The molecule has 0 atom stereocenters. The maximum atomic E-state index is 10.8. The van der Waals surface area contributed by atoms with E-state index in [1.54, 1.807) is 0 Å². The van der Waals surface area contributed by atoms with Crippen molar-refractivity contribution in [3.63, 3.8) is 0 Å². The van der Waals surface area contributed by atoms with Gasteiger partial charge in [0.1, 0.15) is 6.61 Å². The molecule has 2 rings (SSSR count). The average molecular weight is 185 g/mol. The van der Waals surface area contributed by atoms with Gasteiger partial charge in [0.2, 0.25) is 17.5 Å². The zero-order valence-electron chi connectivity index (χ0n) is 6.56. The highest BCUT2D eigenvalue weighted by Gasteiger charge is 2.23. The van der Waals surface area contributed by atoms with Gasteiger partial charge in [-0.2, -0.15) is 0 Å². The summed E-state index contributed by atoms with van der Waals surface area (Å²) in [5.41, 5.74) is 5.29. The van der Waals surface area contributed by atoms with Crippen LogP contribution < -0.4 is 11.5 Å². The van der Waals surface area contributed by atoms with Crippen LogP contribution in [0, 0.1) is 0 Å². The van der Waals surface area contributed by atoms with Crippen molar-refractivity contribution >= 4 is 11.8 Å². The summed E-state index contributed by atoms with van der Waals surface area (Å²) in [5, 5.41) is 9.15. The number of hydrogen-bond acceptors (Lipinski definition) is 6. The number of rotatable bonds is 1. The molecule has 0 amide bonds. The van der Waals surface area contributed by atoms with Crippen LogP contribution in [0.1, 0.15) is 5.69 Å². The van der Waals surface area contributed by atoms with Gasteiger partial charge >= 0.3 is 5.76 Å². The average Bonchev–Trinajstić information content (AvgIpc) is 2.63. The minimum Gasteiger partial charge on any atom is -0.474 e. The molecule has 0 bridgehead atoms. The molecule has 0 unspecified atom stereocenters. The molecule has 0 spiro atoms. The van der Waals surface area contributed by atoms with Gasteiger partial charge in [0.25, 0.3) is 0 Å². The summed E-state index contributed by atoms with van der Waals surface area (Å²) in [6.45, 7) is 0.891. The first-order chi connectivity index (χ1) is 6.20. The van der Waals surface area contributed by atoms with E-state index in [4.69, 9.17) is 15.7 Å². The van der Waals surface area contributed by atoms with E-state index in [-0.39, 0.29) is 22.2 Å². The Labute approximate surface area is 72.0 Å². The molecule has 1 aliphatic rings. The van der Waals surface area contributed by atoms with Crippen LogP contribution in [0.25, 0.3) is 0 Å². The third kappa shape index (κ3) is 1.05. The maximum absolute atomic E-state index is 10.8. The number of anilines is 1. The molecule has 2 heterocycles. The van der Waals surface area contributed by atoms with Crippen LogP contribution in [0.5, 0.6) is 0 Å². The van der Waals surface area contributed by atoms with Gasteiger partial charge in [-0.1, -0.05) is 0 Å². The number of nitrogens with two attached hydrogens (primary N) is 1. The van der Waals surface area contributed by atoms with Gasteiger partial charge in [0.05, 0.1) is 6.54 Å². The molecule has 7 heteroatoms. The Morgan fingerprint density at radius 3 is 2.85 bits per heavy atom. The molecule has 0 saturated carbocycles. The number of nitrogens with zero attached hydrogens (tertiary/aromatic N) is 2. The van der Waals surface area contributed by atoms with Gasteiger partial charge in [-0.15, -0.1) is 4.73 Å². The van der Waals surface area contributed by atoms with Crippen LogP contribution in [0.2, 0.25) is 0 Å². The number of aliphatic imine (C=N–C) groups is 1. The molecule has 1 aliphatic heterocycles. The molecule has 3 N–H and O–H groups in total. The number of ether oxygens (including phenoxy) is 1. The third-order valence-electron chi connectivity index (χ3n) is 1.60. The summed E-state index contributed by atoms with van der Waals surface area (Å²) in [6, 6.07) is 0. The molecule has 0 aromatic carbocycles. The lowest BCUT2D eigenvalue weighted by Crippen LogP contribution is -2.17. The van der Waals surface area contributed by atoms with Crippen LogP contribution in [0.4, 0.5) is 5.88 Å². The first-order valence-electron chi connectivity index (χ1n) is 3.58. The van der Waals surface area contributed by atoms with Crippen molar-refractivity contribution in [3.8, 4) is 0 Å². The fraction of sp³-hybridized carbons (Fsp3) is 0.333. The van der Waals surface area contributed by atoms with E-state index in [0.717, 1.165) is 0 Å². The zero-order chi connectivity index (χ0) is 9.42. The number of hydrogen-bond donors (Lipinski definition) is 2. The topological polar surface area (TPSA) is 103 Å². The molecule has 70 valence electrons. The van der Waals surface area contributed by atoms with Gasteiger partial charge in [0, 0.05) is 0 Å². The second kappa shape index (κ2) is 2.54. The molecular formula is C6H7N3O4.